The van der Waals surface area contributed by atoms with E-state index in [0.29, 0.717) is 18.9 Å². The van der Waals surface area contributed by atoms with Gasteiger partial charge in [-0.25, -0.2) is 0 Å². The van der Waals surface area contributed by atoms with Gasteiger partial charge in [-0.3, -0.25) is 14.5 Å². The Morgan fingerprint density at radius 3 is 2.50 bits per heavy atom. The molecule has 54 heavy (non-hydrogen) atoms. The van der Waals surface area contributed by atoms with Gasteiger partial charge in [0.05, 0.1) is 38.8 Å². The van der Waals surface area contributed by atoms with Gasteiger partial charge in [0.1, 0.15) is 17.2 Å². The van der Waals surface area contributed by atoms with Crippen LogP contribution in [0.5, 0.6) is 5.75 Å². The molecule has 2 aromatic heterocycles. The molecule has 4 aromatic rings. The zero-order chi connectivity index (χ0) is 37.6. The molecule has 284 valence electrons. The monoisotopic (exact) mass is 731 g/mol. The number of nitriles is 1. The molecule has 10 rings (SSSR count). The van der Waals surface area contributed by atoms with Gasteiger partial charge < -0.3 is 29.1 Å². The molecule has 4 aliphatic heterocycles. The summed E-state index contributed by atoms with van der Waals surface area (Å²) < 4.78 is 17.7. The summed E-state index contributed by atoms with van der Waals surface area (Å²) in [5, 5.41) is 12.7. The second-order valence-corrected chi connectivity index (χ2v) is 16.9. The van der Waals surface area contributed by atoms with Gasteiger partial charge in [-0.05, 0) is 92.1 Å². The maximum Gasteiger partial charge on any atom is 0.319 e. The number of nitrogens with one attached hydrogen (secondary N) is 2. The minimum atomic E-state index is -0.918. The molecule has 2 aromatic carbocycles. The molecule has 1 saturated carbocycles. The van der Waals surface area contributed by atoms with Crippen LogP contribution >= 0.6 is 0 Å². The van der Waals surface area contributed by atoms with E-state index in [1.807, 2.05) is 0 Å². The molecule has 0 radical (unpaired) electrons. The number of methoxy groups -OCH3 is 3. The summed E-state index contributed by atoms with van der Waals surface area (Å²) in [7, 11) is 6.95. The quantitative estimate of drug-likeness (QED) is 0.217. The highest BCUT2D eigenvalue weighted by atomic mass is 16.5. The number of piperidine rings is 3. The van der Waals surface area contributed by atoms with Crippen LogP contribution in [0.1, 0.15) is 79.9 Å². The summed E-state index contributed by atoms with van der Waals surface area (Å²) in [6, 6.07) is 15.1. The Hall–Kier alpha value is -4.33. The van der Waals surface area contributed by atoms with Crippen LogP contribution in [0.15, 0.2) is 36.4 Å². The lowest BCUT2D eigenvalue weighted by atomic mass is 9.54. The van der Waals surface area contributed by atoms with Crippen molar-refractivity contribution in [2.24, 2.45) is 29.6 Å². The van der Waals surface area contributed by atoms with Crippen molar-refractivity contribution in [3.63, 3.8) is 0 Å². The molecule has 2 aliphatic carbocycles. The summed E-state index contributed by atoms with van der Waals surface area (Å²) >= 11 is 0. The molecule has 3 saturated heterocycles. The highest BCUT2D eigenvalue weighted by Gasteiger charge is 2.65. The first-order valence-electron chi connectivity index (χ1n) is 20.1. The largest absolute Gasteiger partial charge is 0.496 e. The predicted octanol–water partition coefficient (Wildman–Crippen LogP) is 6.46. The van der Waals surface area contributed by atoms with Crippen molar-refractivity contribution >= 4 is 33.7 Å². The Morgan fingerprint density at radius 2 is 1.78 bits per heavy atom. The number of aromatic nitrogens is 2. The maximum atomic E-state index is 14.5. The van der Waals surface area contributed by atoms with Gasteiger partial charge in [0, 0.05) is 64.3 Å². The molecule has 6 heterocycles. The SMILES string of the molecule is CC[C@H]1CN(C)[C@H]2Cc3c([nH]c4ccccc34)[C@H](c3c(OC)ccc4c5c([nH]c34)[C@]3(C(=O)OC)C[C@H]4C[C@H](CC)[C@@H]3N(CC5)C4C#N)C[C@@H]1C2C(=O)OC. The van der Waals surface area contributed by atoms with Crippen molar-refractivity contribution in [3.05, 3.63) is 64.5 Å². The minimum absolute atomic E-state index is 0.0109. The summed E-state index contributed by atoms with van der Waals surface area (Å²) in [6.45, 7) is 6.09. The number of esters is 2. The number of rotatable bonds is 6. The number of aromatic amines is 2. The third-order valence-electron chi connectivity index (χ3n) is 14.9. The Balaban J connectivity index is 1.31. The van der Waals surface area contributed by atoms with Gasteiger partial charge in [-0.1, -0.05) is 44.9 Å². The Kier molecular flexibility index (Phi) is 8.62. The average molecular weight is 732 g/mol. The number of nitrogens with zero attached hydrogens (tertiary/aromatic N) is 3. The molecule has 6 bridgehead atoms. The number of fused-ring (bicyclic) bond motifs is 9. The number of ether oxygens (including phenoxy) is 3. The lowest BCUT2D eigenvalue weighted by Gasteiger charge is -2.59. The summed E-state index contributed by atoms with van der Waals surface area (Å²) in [4.78, 5) is 41.1. The Labute approximate surface area is 317 Å². The first-order chi connectivity index (χ1) is 26.2. The summed E-state index contributed by atoms with van der Waals surface area (Å²) in [6.07, 6.45) is 5.62. The molecule has 0 spiro atoms. The second kappa shape index (κ2) is 13.2. The number of para-hydroxylation sites is 1. The number of carbonyl (C=O) groups is 2. The average Bonchev–Trinajstić information content (AvgIpc) is 3.72. The molecule has 6 aliphatic rings. The molecular formula is C44H53N5O5. The van der Waals surface area contributed by atoms with E-state index < -0.39 is 5.41 Å². The zero-order valence-corrected chi connectivity index (χ0v) is 32.4. The van der Waals surface area contributed by atoms with Crippen LogP contribution in [0.25, 0.3) is 21.8 Å². The van der Waals surface area contributed by atoms with Crippen molar-refractivity contribution in [2.45, 2.75) is 88.3 Å². The molecule has 10 nitrogen and oxygen atoms in total. The fourth-order valence-corrected chi connectivity index (χ4v) is 12.7. The van der Waals surface area contributed by atoms with Gasteiger partial charge in [0.2, 0.25) is 0 Å². The van der Waals surface area contributed by atoms with Crippen LogP contribution < -0.4 is 4.74 Å². The van der Waals surface area contributed by atoms with Gasteiger partial charge >= 0.3 is 11.9 Å². The number of H-pyrrole nitrogens is 2. The van der Waals surface area contributed by atoms with E-state index in [2.05, 4.69) is 83.1 Å². The minimum Gasteiger partial charge on any atom is -0.496 e. The van der Waals surface area contributed by atoms with E-state index in [1.165, 1.54) is 30.9 Å². The van der Waals surface area contributed by atoms with Crippen LogP contribution in [-0.4, -0.2) is 91.3 Å². The molecule has 3 unspecified atom stereocenters. The number of hydrogen-bond acceptors (Lipinski definition) is 8. The van der Waals surface area contributed by atoms with Crippen LogP contribution in [-0.2, 0) is 37.3 Å². The molecule has 4 fully saturated rings. The highest BCUT2D eigenvalue weighted by Crippen LogP contribution is 2.58. The molecule has 11 atom stereocenters. The topological polar surface area (TPSA) is 124 Å². The van der Waals surface area contributed by atoms with E-state index in [-0.39, 0.29) is 59.7 Å². The fraction of sp³-hybridized carbons (Fsp3) is 0.568. The van der Waals surface area contributed by atoms with Crippen LogP contribution in [0.4, 0.5) is 0 Å². The third-order valence-corrected chi connectivity index (χ3v) is 14.9. The van der Waals surface area contributed by atoms with Crippen molar-refractivity contribution < 1.29 is 23.8 Å². The van der Waals surface area contributed by atoms with Crippen molar-refractivity contribution in [1.82, 2.24) is 19.8 Å². The van der Waals surface area contributed by atoms with E-state index in [9.17, 15) is 14.9 Å². The van der Waals surface area contributed by atoms with Gasteiger partial charge in [-0.2, -0.15) is 5.26 Å². The van der Waals surface area contributed by atoms with Crippen LogP contribution in [0.3, 0.4) is 0 Å². The van der Waals surface area contributed by atoms with Gasteiger partial charge in [-0.15, -0.1) is 0 Å². The lowest BCUT2D eigenvalue weighted by Crippen LogP contribution is -2.70. The third kappa shape index (κ3) is 4.76. The first-order valence-corrected chi connectivity index (χ1v) is 20.1. The van der Waals surface area contributed by atoms with E-state index in [1.54, 1.807) is 7.11 Å². The standard InChI is InChI=1S/C44H53N5O5/c1-7-23-17-25-20-44(43(51)54-6)40-28(15-16-49(41(23)44)34(25)21-45)27-13-14-35(52-4)37(39(27)47-40)31-18-29-24(8-2)22-48(3)33(36(29)42(50)53-5)19-30-26-11-9-10-12-32(26)46-38(30)31/h9-14,23-25,29,31,33-34,36,41,46-47H,7-8,15-20,22H2,1-6H3/t23-,24-,25+,29-,31-,33-,34?,36?,41-,44+/m0/s1. The van der Waals surface area contributed by atoms with E-state index in [4.69, 9.17) is 14.2 Å². The van der Waals surface area contributed by atoms with Crippen molar-refractivity contribution in [1.29, 1.82) is 5.26 Å². The number of hydrogen-bond donors (Lipinski definition) is 2. The van der Waals surface area contributed by atoms with Crippen LogP contribution in [0.2, 0.25) is 0 Å². The molecular weight excluding hydrogens is 679 g/mol. The Morgan fingerprint density at radius 1 is 0.981 bits per heavy atom. The zero-order valence-electron chi connectivity index (χ0n) is 32.4. The normalized spacial score (nSPS) is 34.2. The van der Waals surface area contributed by atoms with Crippen molar-refractivity contribution in [2.75, 3.05) is 41.5 Å². The molecule has 2 N–H and O–H groups in total. The van der Waals surface area contributed by atoms with E-state index in [0.717, 1.165) is 84.1 Å². The Bertz CT molecular complexity index is 2180. The first kappa shape index (κ1) is 35.4. The lowest BCUT2D eigenvalue weighted by molar-refractivity contribution is -0.165. The predicted molar refractivity (Wildman–Crippen MR) is 206 cm³/mol. The van der Waals surface area contributed by atoms with Crippen molar-refractivity contribution in [3.8, 4) is 11.8 Å². The summed E-state index contributed by atoms with van der Waals surface area (Å²) in [5.41, 5.74) is 6.72. The summed E-state index contributed by atoms with van der Waals surface area (Å²) in [5.74, 6) is 0.766. The molecule has 10 heteroatoms. The fourth-order valence-electron chi connectivity index (χ4n) is 12.7. The number of carbonyl (C=O) groups excluding carboxylic acids is 2. The maximum absolute atomic E-state index is 14.5. The highest BCUT2D eigenvalue weighted by molar-refractivity contribution is 5.95. The number of benzene rings is 2. The number of likely N-dealkylation sites (N-methyl/N-ethyl adjacent to an activating group) is 1. The van der Waals surface area contributed by atoms with Gasteiger partial charge in [0.25, 0.3) is 0 Å². The second-order valence-electron chi connectivity index (χ2n) is 16.9. The van der Waals surface area contributed by atoms with E-state index >= 15 is 0 Å². The number of likely N-dealkylation sites (tertiary alicyclic amines) is 1. The molecule has 0 amide bonds. The van der Waals surface area contributed by atoms with Gasteiger partial charge in [0.15, 0.2) is 0 Å². The van der Waals surface area contributed by atoms with Crippen LogP contribution in [0, 0.1) is 40.9 Å². The smallest absolute Gasteiger partial charge is 0.319 e.